The lowest BCUT2D eigenvalue weighted by Gasteiger charge is -2.51. The summed E-state index contributed by atoms with van der Waals surface area (Å²) in [5.41, 5.74) is 2.75. The van der Waals surface area contributed by atoms with Crippen molar-refractivity contribution in [2.24, 2.45) is 11.8 Å². The predicted octanol–water partition coefficient (Wildman–Crippen LogP) is 3.63. The number of aryl methyl sites for hydroxylation is 1. The van der Waals surface area contributed by atoms with Crippen molar-refractivity contribution >= 4 is 23.5 Å². The lowest BCUT2D eigenvalue weighted by molar-refractivity contribution is -0.149. The number of hydrogen-bond acceptors (Lipinski definition) is 3. The van der Waals surface area contributed by atoms with Gasteiger partial charge in [0.2, 0.25) is 11.8 Å². The summed E-state index contributed by atoms with van der Waals surface area (Å²) >= 11 is 0. The summed E-state index contributed by atoms with van der Waals surface area (Å²) in [6.07, 6.45) is 0. The standard InChI is InChI=1S/C26H19NO4/c1-14-7-6-8-15(13-14)27-23(28)21-20-16-9-2-4-11-18(16)26(25(30)31,22(21)24(27)29)19-12-5-3-10-17(19)20/h2-13,20-22H,1H3,(H,30,31)/t20?,21-,22-,26?/m0/s1. The fourth-order valence-corrected chi connectivity index (χ4v) is 6.16. The van der Waals surface area contributed by atoms with Crippen molar-refractivity contribution in [3.05, 3.63) is 101 Å². The Kier molecular flexibility index (Phi) is 3.45. The number of amides is 2. The molecule has 0 radical (unpaired) electrons. The molecule has 1 fully saturated rings. The number of benzene rings is 3. The lowest BCUT2D eigenvalue weighted by atomic mass is 9.47. The highest BCUT2D eigenvalue weighted by atomic mass is 16.4. The second-order valence-corrected chi connectivity index (χ2v) is 8.62. The largest absolute Gasteiger partial charge is 0.480 e. The predicted molar refractivity (Wildman–Crippen MR) is 114 cm³/mol. The molecular weight excluding hydrogens is 390 g/mol. The maximum atomic E-state index is 13.8. The topological polar surface area (TPSA) is 74.7 Å². The number of imide groups is 1. The first-order chi connectivity index (χ1) is 15.0. The molecule has 0 spiro atoms. The van der Waals surface area contributed by atoms with Crippen LogP contribution >= 0.6 is 0 Å². The molecule has 3 aromatic rings. The Hall–Kier alpha value is -3.73. The molecule has 5 heteroatoms. The zero-order chi connectivity index (χ0) is 21.5. The van der Waals surface area contributed by atoms with Crippen LogP contribution in [-0.2, 0) is 19.8 Å². The molecular formula is C26H19NO4. The van der Waals surface area contributed by atoms with Crippen LogP contribution in [0.3, 0.4) is 0 Å². The first kappa shape index (κ1) is 18.1. The molecule has 3 aromatic carbocycles. The van der Waals surface area contributed by atoms with E-state index in [1.165, 1.54) is 4.90 Å². The molecule has 0 unspecified atom stereocenters. The van der Waals surface area contributed by atoms with E-state index in [1.807, 2.05) is 37.3 Å². The third-order valence-corrected chi connectivity index (χ3v) is 7.22. The highest BCUT2D eigenvalue weighted by Gasteiger charge is 2.71. The Balaban J connectivity index is 1.68. The van der Waals surface area contributed by atoms with Crippen molar-refractivity contribution in [2.75, 3.05) is 4.90 Å². The monoisotopic (exact) mass is 409 g/mol. The number of nitrogens with zero attached hydrogens (tertiary/aromatic N) is 1. The Morgan fingerprint density at radius 1 is 0.871 bits per heavy atom. The molecule has 152 valence electrons. The molecule has 2 atom stereocenters. The van der Waals surface area contributed by atoms with Gasteiger partial charge in [0.1, 0.15) is 5.41 Å². The number of aliphatic carboxylic acids is 1. The van der Waals surface area contributed by atoms with Gasteiger partial charge in [-0.15, -0.1) is 0 Å². The maximum Gasteiger partial charge on any atom is 0.319 e. The quantitative estimate of drug-likeness (QED) is 0.656. The molecule has 2 bridgehead atoms. The van der Waals surface area contributed by atoms with Crippen molar-refractivity contribution in [3.8, 4) is 0 Å². The van der Waals surface area contributed by atoms with Crippen LogP contribution in [0, 0.1) is 18.8 Å². The zero-order valence-corrected chi connectivity index (χ0v) is 16.8. The van der Waals surface area contributed by atoms with E-state index in [4.69, 9.17) is 0 Å². The molecule has 1 heterocycles. The summed E-state index contributed by atoms with van der Waals surface area (Å²) in [4.78, 5) is 41.9. The van der Waals surface area contributed by atoms with Gasteiger partial charge in [-0.3, -0.25) is 14.4 Å². The minimum Gasteiger partial charge on any atom is -0.480 e. The molecule has 2 amide bonds. The van der Waals surface area contributed by atoms with Crippen LogP contribution in [0.5, 0.6) is 0 Å². The van der Waals surface area contributed by atoms with Crippen LogP contribution in [-0.4, -0.2) is 22.9 Å². The van der Waals surface area contributed by atoms with E-state index in [1.54, 1.807) is 42.5 Å². The van der Waals surface area contributed by atoms with Gasteiger partial charge in [-0.05, 0) is 46.9 Å². The highest BCUT2D eigenvalue weighted by molar-refractivity contribution is 6.25. The van der Waals surface area contributed by atoms with Crippen molar-refractivity contribution in [1.29, 1.82) is 0 Å². The van der Waals surface area contributed by atoms with E-state index < -0.39 is 29.1 Å². The van der Waals surface area contributed by atoms with Gasteiger partial charge in [0.05, 0.1) is 17.5 Å². The second-order valence-electron chi connectivity index (χ2n) is 8.62. The van der Waals surface area contributed by atoms with Crippen molar-refractivity contribution in [2.45, 2.75) is 18.3 Å². The summed E-state index contributed by atoms with van der Waals surface area (Å²) in [7, 11) is 0. The number of carbonyl (C=O) groups excluding carboxylic acids is 2. The summed E-state index contributed by atoms with van der Waals surface area (Å²) in [6.45, 7) is 1.90. The molecule has 4 aliphatic rings. The summed E-state index contributed by atoms with van der Waals surface area (Å²) in [6, 6.07) is 22.0. The first-order valence-corrected chi connectivity index (χ1v) is 10.3. The van der Waals surface area contributed by atoms with Crippen LogP contribution in [0.4, 0.5) is 5.69 Å². The van der Waals surface area contributed by atoms with Crippen LogP contribution < -0.4 is 4.90 Å². The van der Waals surface area contributed by atoms with E-state index in [0.717, 1.165) is 16.7 Å². The molecule has 7 rings (SSSR count). The minimum absolute atomic E-state index is 0.319. The molecule has 3 aliphatic carbocycles. The molecule has 31 heavy (non-hydrogen) atoms. The van der Waals surface area contributed by atoms with Crippen LogP contribution in [0.25, 0.3) is 0 Å². The average molecular weight is 409 g/mol. The Bertz CT molecular complexity index is 1260. The normalized spacial score (nSPS) is 27.6. The molecule has 1 aliphatic heterocycles. The maximum absolute atomic E-state index is 13.8. The molecule has 1 saturated heterocycles. The van der Waals surface area contributed by atoms with Gasteiger partial charge >= 0.3 is 5.97 Å². The fraction of sp³-hybridized carbons (Fsp3) is 0.192. The third-order valence-electron chi connectivity index (χ3n) is 7.22. The van der Waals surface area contributed by atoms with Gasteiger partial charge in [-0.1, -0.05) is 60.7 Å². The van der Waals surface area contributed by atoms with Gasteiger partial charge in [-0.2, -0.15) is 0 Å². The van der Waals surface area contributed by atoms with Gasteiger partial charge in [0.25, 0.3) is 0 Å². The number of hydrogen-bond donors (Lipinski definition) is 1. The average Bonchev–Trinajstić information content (AvgIpc) is 3.04. The van der Waals surface area contributed by atoms with Gasteiger partial charge < -0.3 is 5.11 Å². The minimum atomic E-state index is -1.59. The molecule has 0 aromatic heterocycles. The number of carbonyl (C=O) groups is 3. The number of carboxylic acid groups (broad SMARTS) is 1. The van der Waals surface area contributed by atoms with E-state index in [-0.39, 0.29) is 11.8 Å². The lowest BCUT2D eigenvalue weighted by Crippen LogP contribution is -2.57. The Morgan fingerprint density at radius 3 is 2.06 bits per heavy atom. The SMILES string of the molecule is Cc1cccc(N2C(=O)[C@@H]3[C@@H](C2=O)C2c4ccccc4C3(C(=O)O)c3ccccc32)c1. The van der Waals surface area contributed by atoms with E-state index in [9.17, 15) is 19.5 Å². The number of carboxylic acids is 1. The summed E-state index contributed by atoms with van der Waals surface area (Å²) < 4.78 is 0. The van der Waals surface area contributed by atoms with E-state index >= 15 is 0 Å². The second kappa shape index (κ2) is 5.91. The third kappa shape index (κ3) is 1.99. The first-order valence-electron chi connectivity index (χ1n) is 10.3. The summed E-state index contributed by atoms with van der Waals surface area (Å²) in [5.74, 6) is -3.91. The van der Waals surface area contributed by atoms with Gasteiger partial charge in [0.15, 0.2) is 0 Å². The van der Waals surface area contributed by atoms with Crippen molar-refractivity contribution < 1.29 is 19.5 Å². The number of anilines is 1. The Labute approximate surface area is 178 Å². The van der Waals surface area contributed by atoms with Gasteiger partial charge in [0, 0.05) is 5.92 Å². The smallest absolute Gasteiger partial charge is 0.319 e. The van der Waals surface area contributed by atoms with E-state index in [2.05, 4.69) is 0 Å². The fourth-order valence-electron chi connectivity index (χ4n) is 6.16. The highest BCUT2D eigenvalue weighted by Crippen LogP contribution is 2.64. The van der Waals surface area contributed by atoms with Crippen molar-refractivity contribution in [3.63, 3.8) is 0 Å². The molecule has 0 saturated carbocycles. The summed E-state index contributed by atoms with van der Waals surface area (Å²) in [5, 5.41) is 10.7. The van der Waals surface area contributed by atoms with Crippen LogP contribution in [0.15, 0.2) is 72.8 Å². The van der Waals surface area contributed by atoms with Crippen molar-refractivity contribution in [1.82, 2.24) is 0 Å². The zero-order valence-electron chi connectivity index (χ0n) is 16.8. The number of rotatable bonds is 2. The van der Waals surface area contributed by atoms with E-state index in [0.29, 0.717) is 16.8 Å². The molecule has 1 N–H and O–H groups in total. The van der Waals surface area contributed by atoms with Crippen LogP contribution in [0.1, 0.15) is 33.7 Å². The molecule has 5 nitrogen and oxygen atoms in total. The Morgan fingerprint density at radius 2 is 1.48 bits per heavy atom. The van der Waals surface area contributed by atoms with Gasteiger partial charge in [-0.25, -0.2) is 4.90 Å². The van der Waals surface area contributed by atoms with Crippen LogP contribution in [0.2, 0.25) is 0 Å².